The van der Waals surface area contributed by atoms with Crippen LogP contribution in [0, 0.1) is 12.8 Å². The van der Waals surface area contributed by atoms with Gasteiger partial charge in [-0.05, 0) is 19.3 Å². The lowest BCUT2D eigenvalue weighted by Gasteiger charge is -2.21. The molecule has 0 saturated heterocycles. The highest BCUT2D eigenvalue weighted by Crippen LogP contribution is 2.24. The number of aryl methyl sites for hydroxylation is 1. The molecule has 0 aliphatic heterocycles. The minimum Gasteiger partial charge on any atom is -0.480 e. The van der Waals surface area contributed by atoms with Crippen LogP contribution in [0.5, 0.6) is 0 Å². The van der Waals surface area contributed by atoms with Gasteiger partial charge in [0.05, 0.1) is 5.69 Å². The van der Waals surface area contributed by atoms with Crippen LogP contribution in [-0.2, 0) is 16.0 Å². The fraction of sp³-hybridized carbons (Fsp3) is 0.421. The molecule has 2 atom stereocenters. The molecule has 0 aliphatic rings. The second-order valence-electron chi connectivity index (χ2n) is 6.79. The lowest BCUT2D eigenvalue weighted by atomic mass is 10.0. The first-order valence-electron chi connectivity index (χ1n) is 8.49. The lowest BCUT2D eigenvalue weighted by molar-refractivity contribution is -0.142. The molecule has 1 aromatic carbocycles. The van der Waals surface area contributed by atoms with Crippen molar-refractivity contribution in [2.45, 2.75) is 45.7 Å². The number of carbonyl (C=O) groups is 2. The molecule has 7 heteroatoms. The summed E-state index contributed by atoms with van der Waals surface area (Å²) in [5.41, 5.74) is 2.78. The number of carboxylic acids is 2. The van der Waals surface area contributed by atoms with Gasteiger partial charge in [0.15, 0.2) is 0 Å². The monoisotopic (exact) mass is 376 g/mol. The Morgan fingerprint density at radius 2 is 1.73 bits per heavy atom. The summed E-state index contributed by atoms with van der Waals surface area (Å²) in [5.74, 6) is -1.97. The lowest BCUT2D eigenvalue weighted by Crippen LogP contribution is -2.48. The Kier molecular flexibility index (Phi) is 6.88. The number of aromatic nitrogens is 1. The van der Waals surface area contributed by atoms with E-state index in [9.17, 15) is 19.8 Å². The van der Waals surface area contributed by atoms with Crippen LogP contribution < -0.4 is 5.32 Å². The third-order valence-electron chi connectivity index (χ3n) is 3.97. The molecule has 0 radical (unpaired) electrons. The summed E-state index contributed by atoms with van der Waals surface area (Å²) >= 11 is 1.45. The second kappa shape index (κ2) is 8.91. The van der Waals surface area contributed by atoms with Gasteiger partial charge in [0, 0.05) is 17.4 Å². The van der Waals surface area contributed by atoms with E-state index in [2.05, 4.69) is 10.3 Å². The number of hydrogen-bond acceptors (Lipinski definition) is 5. The van der Waals surface area contributed by atoms with Gasteiger partial charge in [-0.3, -0.25) is 14.9 Å². The van der Waals surface area contributed by atoms with E-state index in [0.29, 0.717) is 12.1 Å². The van der Waals surface area contributed by atoms with Crippen molar-refractivity contribution in [3.63, 3.8) is 0 Å². The number of thiazole rings is 1. The maximum absolute atomic E-state index is 11.6. The molecule has 0 spiro atoms. The first-order valence-corrected chi connectivity index (χ1v) is 9.37. The minimum atomic E-state index is -1.08. The van der Waals surface area contributed by atoms with E-state index in [4.69, 9.17) is 0 Å². The van der Waals surface area contributed by atoms with Gasteiger partial charge >= 0.3 is 11.9 Å². The molecule has 1 heterocycles. The molecule has 2 aromatic rings. The van der Waals surface area contributed by atoms with E-state index in [1.165, 1.54) is 11.3 Å². The van der Waals surface area contributed by atoms with Crippen LogP contribution in [0.15, 0.2) is 29.6 Å². The van der Waals surface area contributed by atoms with Crippen molar-refractivity contribution in [1.29, 1.82) is 0 Å². The van der Waals surface area contributed by atoms with Crippen LogP contribution in [0.3, 0.4) is 0 Å². The predicted molar refractivity (Wildman–Crippen MR) is 101 cm³/mol. The molecule has 0 fully saturated rings. The van der Waals surface area contributed by atoms with E-state index in [1.807, 2.05) is 50.4 Å². The molecule has 26 heavy (non-hydrogen) atoms. The van der Waals surface area contributed by atoms with Crippen LogP contribution in [0.2, 0.25) is 0 Å². The minimum absolute atomic E-state index is 0.138. The van der Waals surface area contributed by atoms with Crippen LogP contribution in [0.1, 0.15) is 31.5 Å². The first-order chi connectivity index (χ1) is 12.3. The highest BCUT2D eigenvalue weighted by molar-refractivity contribution is 7.13. The highest BCUT2D eigenvalue weighted by atomic mass is 32.1. The quantitative estimate of drug-likeness (QED) is 0.621. The molecule has 0 saturated carbocycles. The van der Waals surface area contributed by atoms with Gasteiger partial charge in [-0.2, -0.15) is 0 Å². The largest absolute Gasteiger partial charge is 0.480 e. The van der Waals surface area contributed by atoms with Crippen LogP contribution in [-0.4, -0.2) is 39.2 Å². The van der Waals surface area contributed by atoms with Gasteiger partial charge in [0.2, 0.25) is 0 Å². The maximum Gasteiger partial charge on any atom is 0.321 e. The predicted octanol–water partition coefficient (Wildman–Crippen LogP) is 3.20. The van der Waals surface area contributed by atoms with E-state index >= 15 is 0 Å². The molecule has 3 N–H and O–H groups in total. The van der Waals surface area contributed by atoms with Crippen LogP contribution in [0.25, 0.3) is 10.6 Å². The third kappa shape index (κ3) is 5.64. The number of rotatable bonds is 9. The molecule has 2 unspecified atom stereocenters. The van der Waals surface area contributed by atoms with E-state index in [0.717, 1.165) is 16.1 Å². The molecular weight excluding hydrogens is 352 g/mol. The molecule has 6 nitrogen and oxygen atoms in total. The Balaban J connectivity index is 2.11. The second-order valence-corrected chi connectivity index (χ2v) is 7.65. The van der Waals surface area contributed by atoms with Crippen molar-refractivity contribution in [3.8, 4) is 10.6 Å². The Hall–Kier alpha value is -2.25. The number of carboxylic acid groups (broad SMARTS) is 2. The Morgan fingerprint density at radius 1 is 1.12 bits per heavy atom. The average Bonchev–Trinajstić information content (AvgIpc) is 3.02. The van der Waals surface area contributed by atoms with E-state index < -0.39 is 24.0 Å². The van der Waals surface area contributed by atoms with Crippen molar-refractivity contribution in [2.24, 2.45) is 5.92 Å². The zero-order valence-corrected chi connectivity index (χ0v) is 15.9. The zero-order valence-electron chi connectivity index (χ0n) is 15.1. The van der Waals surface area contributed by atoms with Gasteiger partial charge in [-0.15, -0.1) is 11.3 Å². The van der Waals surface area contributed by atoms with Gasteiger partial charge < -0.3 is 10.2 Å². The number of hydrogen-bond donors (Lipinski definition) is 3. The standard InChI is InChI=1S/C19H24N2O4S/c1-11(2)8-15(18(22)23)21-16(19(24)25)9-14-10-26-17(20-14)13-6-4-12(3)5-7-13/h4-7,10-11,15-16,21H,8-9H2,1-3H3,(H,22,23)(H,24,25). The first kappa shape index (κ1) is 20.1. The number of benzene rings is 1. The zero-order chi connectivity index (χ0) is 19.3. The van der Waals surface area contributed by atoms with Crippen molar-refractivity contribution < 1.29 is 19.8 Å². The van der Waals surface area contributed by atoms with Crippen molar-refractivity contribution in [2.75, 3.05) is 0 Å². The van der Waals surface area contributed by atoms with Crippen LogP contribution >= 0.6 is 11.3 Å². The molecule has 0 aliphatic carbocycles. The molecular formula is C19H24N2O4S. The Morgan fingerprint density at radius 3 is 2.27 bits per heavy atom. The maximum atomic E-state index is 11.6. The van der Waals surface area contributed by atoms with Crippen molar-refractivity contribution in [1.82, 2.24) is 10.3 Å². The molecule has 0 bridgehead atoms. The SMILES string of the molecule is Cc1ccc(-c2nc(CC(NC(CC(C)C)C(=O)O)C(=O)O)cs2)cc1. The van der Waals surface area contributed by atoms with Gasteiger partial charge in [-0.25, -0.2) is 4.98 Å². The van der Waals surface area contributed by atoms with Crippen molar-refractivity contribution in [3.05, 3.63) is 40.9 Å². The fourth-order valence-corrected chi connectivity index (χ4v) is 3.45. The Labute approximate surface area is 156 Å². The van der Waals surface area contributed by atoms with Crippen molar-refractivity contribution >= 4 is 23.3 Å². The Bertz CT molecular complexity index is 755. The molecule has 140 valence electrons. The van der Waals surface area contributed by atoms with Gasteiger partial charge in [0.1, 0.15) is 17.1 Å². The normalized spacial score (nSPS) is 13.5. The fourth-order valence-electron chi connectivity index (χ4n) is 2.61. The van der Waals surface area contributed by atoms with Gasteiger partial charge in [0.25, 0.3) is 0 Å². The average molecular weight is 376 g/mol. The van der Waals surface area contributed by atoms with Gasteiger partial charge in [-0.1, -0.05) is 43.7 Å². The summed E-state index contributed by atoms with van der Waals surface area (Å²) in [6, 6.07) is 6.07. The summed E-state index contributed by atoms with van der Waals surface area (Å²) in [6.07, 6.45) is 0.504. The topological polar surface area (TPSA) is 99.5 Å². The molecule has 2 rings (SSSR count). The highest BCUT2D eigenvalue weighted by Gasteiger charge is 2.27. The summed E-state index contributed by atoms with van der Waals surface area (Å²) in [6.45, 7) is 5.82. The number of aliphatic carboxylic acids is 2. The third-order valence-corrected chi connectivity index (χ3v) is 4.91. The summed E-state index contributed by atoms with van der Waals surface area (Å²) in [7, 11) is 0. The summed E-state index contributed by atoms with van der Waals surface area (Å²) < 4.78 is 0. The summed E-state index contributed by atoms with van der Waals surface area (Å²) in [4.78, 5) is 27.5. The molecule has 1 aromatic heterocycles. The van der Waals surface area contributed by atoms with E-state index in [1.54, 1.807) is 0 Å². The number of nitrogens with one attached hydrogen (secondary N) is 1. The number of nitrogens with zero attached hydrogens (tertiary/aromatic N) is 1. The van der Waals surface area contributed by atoms with Crippen LogP contribution in [0.4, 0.5) is 0 Å². The van der Waals surface area contributed by atoms with E-state index in [-0.39, 0.29) is 12.3 Å². The molecule has 0 amide bonds. The summed E-state index contributed by atoms with van der Waals surface area (Å²) in [5, 5.41) is 24.2. The smallest absolute Gasteiger partial charge is 0.321 e.